The number of nitrogens with zero attached hydrogens (tertiary/aromatic N) is 2. The molecule has 0 saturated carbocycles. The maximum atomic E-state index is 13.6. The van der Waals surface area contributed by atoms with E-state index < -0.39 is 18.1 Å². The molecule has 7 heteroatoms. The molecule has 5 nitrogen and oxygen atoms in total. The quantitative estimate of drug-likeness (QED) is 0.451. The van der Waals surface area contributed by atoms with Crippen LogP contribution in [0.15, 0.2) is 77.3 Å². The van der Waals surface area contributed by atoms with Crippen molar-refractivity contribution in [2.45, 2.75) is 19.1 Å². The third kappa shape index (κ3) is 3.35. The van der Waals surface area contributed by atoms with Crippen LogP contribution in [-0.2, 0) is 14.4 Å². The molecule has 156 valence electrons. The number of imide groups is 1. The number of halogens is 2. The van der Waals surface area contributed by atoms with E-state index in [1.54, 1.807) is 23.3 Å². The molecule has 2 saturated heterocycles. The van der Waals surface area contributed by atoms with Crippen molar-refractivity contribution in [3.63, 3.8) is 0 Å². The molecule has 5 rings (SSSR count). The zero-order valence-corrected chi connectivity index (χ0v) is 18.9. The highest BCUT2D eigenvalue weighted by atomic mass is 79.9. The van der Waals surface area contributed by atoms with E-state index in [9.17, 15) is 9.59 Å². The number of anilines is 2. The van der Waals surface area contributed by atoms with Crippen LogP contribution in [0, 0.1) is 12.8 Å². The molecular formula is C24H18BrClN2O3. The normalized spacial score (nSPS) is 22.9. The number of hydrogen-bond donors (Lipinski definition) is 0. The smallest absolute Gasteiger partial charge is 0.266 e. The number of rotatable bonds is 3. The lowest BCUT2D eigenvalue weighted by Gasteiger charge is -2.28. The van der Waals surface area contributed by atoms with Crippen molar-refractivity contribution < 1.29 is 14.4 Å². The van der Waals surface area contributed by atoms with Crippen LogP contribution in [0.3, 0.4) is 0 Å². The first-order chi connectivity index (χ1) is 15.0. The van der Waals surface area contributed by atoms with Crippen LogP contribution in [0.25, 0.3) is 0 Å². The fraction of sp³-hybridized carbons (Fsp3) is 0.167. The topological polar surface area (TPSA) is 49.9 Å². The fourth-order valence-corrected chi connectivity index (χ4v) is 4.63. The van der Waals surface area contributed by atoms with Crippen LogP contribution in [0.5, 0.6) is 0 Å². The maximum Gasteiger partial charge on any atom is 0.266 e. The van der Waals surface area contributed by atoms with E-state index in [1.807, 2.05) is 61.5 Å². The molecule has 0 bridgehead atoms. The molecule has 2 amide bonds. The van der Waals surface area contributed by atoms with Crippen LogP contribution in [0.4, 0.5) is 11.4 Å². The van der Waals surface area contributed by atoms with Gasteiger partial charge >= 0.3 is 0 Å². The van der Waals surface area contributed by atoms with Crippen molar-refractivity contribution in [2.75, 3.05) is 9.96 Å². The van der Waals surface area contributed by atoms with Gasteiger partial charge in [0, 0.05) is 9.50 Å². The maximum absolute atomic E-state index is 13.6. The Bertz CT molecular complexity index is 1170. The van der Waals surface area contributed by atoms with E-state index in [1.165, 1.54) is 4.90 Å². The lowest BCUT2D eigenvalue weighted by atomic mass is 9.90. The van der Waals surface area contributed by atoms with Gasteiger partial charge in [0.15, 0.2) is 6.10 Å². The molecule has 0 aliphatic carbocycles. The number of para-hydroxylation sites is 1. The van der Waals surface area contributed by atoms with E-state index in [2.05, 4.69) is 15.9 Å². The van der Waals surface area contributed by atoms with Gasteiger partial charge in [0.25, 0.3) is 5.91 Å². The van der Waals surface area contributed by atoms with Crippen LogP contribution in [0.1, 0.15) is 17.2 Å². The molecule has 0 N–H and O–H groups in total. The zero-order chi connectivity index (χ0) is 21.7. The Labute approximate surface area is 193 Å². The van der Waals surface area contributed by atoms with Gasteiger partial charge in [-0.15, -0.1) is 0 Å². The van der Waals surface area contributed by atoms with E-state index in [4.69, 9.17) is 16.4 Å². The van der Waals surface area contributed by atoms with Crippen LogP contribution < -0.4 is 9.96 Å². The highest BCUT2D eigenvalue weighted by molar-refractivity contribution is 9.10. The number of amides is 2. The molecule has 31 heavy (non-hydrogen) atoms. The van der Waals surface area contributed by atoms with E-state index in [0.717, 1.165) is 21.3 Å². The summed E-state index contributed by atoms with van der Waals surface area (Å²) in [6, 6.07) is 22.0. The minimum atomic E-state index is -0.901. The van der Waals surface area contributed by atoms with Gasteiger partial charge in [0.05, 0.1) is 17.4 Å². The summed E-state index contributed by atoms with van der Waals surface area (Å²) in [4.78, 5) is 34.2. The molecule has 2 heterocycles. The van der Waals surface area contributed by atoms with Crippen molar-refractivity contribution in [1.82, 2.24) is 0 Å². The van der Waals surface area contributed by atoms with Gasteiger partial charge in [0.2, 0.25) is 5.91 Å². The van der Waals surface area contributed by atoms with Crippen molar-refractivity contribution in [1.29, 1.82) is 0 Å². The van der Waals surface area contributed by atoms with Gasteiger partial charge in [-0.3, -0.25) is 14.4 Å². The zero-order valence-electron chi connectivity index (χ0n) is 16.5. The molecule has 0 spiro atoms. The van der Waals surface area contributed by atoms with Crippen LogP contribution >= 0.6 is 27.5 Å². The number of hydroxylamine groups is 1. The summed E-state index contributed by atoms with van der Waals surface area (Å²) in [5.41, 5.74) is 3.02. The highest BCUT2D eigenvalue weighted by Crippen LogP contribution is 2.47. The second kappa shape index (κ2) is 7.79. The second-order valence-electron chi connectivity index (χ2n) is 7.65. The van der Waals surface area contributed by atoms with Crippen LogP contribution in [-0.4, -0.2) is 17.9 Å². The van der Waals surface area contributed by atoms with Gasteiger partial charge < -0.3 is 0 Å². The summed E-state index contributed by atoms with van der Waals surface area (Å²) in [5, 5.41) is 2.19. The van der Waals surface area contributed by atoms with Crippen molar-refractivity contribution >= 4 is 50.7 Å². The Morgan fingerprint density at radius 3 is 2.29 bits per heavy atom. The summed E-state index contributed by atoms with van der Waals surface area (Å²) >= 11 is 9.72. The number of carbonyl (C=O) groups excluding carboxylic acids is 2. The molecule has 2 fully saturated rings. The Hall–Kier alpha value is -2.67. The average Bonchev–Trinajstić information content (AvgIpc) is 3.28. The SMILES string of the molecule is Cc1ccc(N2C(=O)[C@H]3[C@H](ON(c4ccccc4)[C@@H]3c3ccc(Br)cc3)C2=O)cc1Cl. The monoisotopic (exact) mass is 496 g/mol. The van der Waals surface area contributed by atoms with Crippen molar-refractivity contribution in [3.05, 3.63) is 93.4 Å². The summed E-state index contributed by atoms with van der Waals surface area (Å²) in [6.07, 6.45) is -0.901. The third-order valence-corrected chi connectivity index (χ3v) is 6.69. The summed E-state index contributed by atoms with van der Waals surface area (Å²) in [6.45, 7) is 1.87. The minimum Gasteiger partial charge on any atom is -0.273 e. The van der Waals surface area contributed by atoms with Gasteiger partial charge in [-0.05, 0) is 54.4 Å². The molecule has 0 radical (unpaired) electrons. The van der Waals surface area contributed by atoms with Crippen molar-refractivity contribution in [2.24, 2.45) is 5.92 Å². The van der Waals surface area contributed by atoms with E-state index in [-0.39, 0.29) is 11.8 Å². The van der Waals surface area contributed by atoms with E-state index >= 15 is 0 Å². The predicted octanol–water partition coefficient (Wildman–Crippen LogP) is 5.46. The summed E-state index contributed by atoms with van der Waals surface area (Å²) < 4.78 is 0.933. The summed E-state index contributed by atoms with van der Waals surface area (Å²) in [5.74, 6) is -1.34. The predicted molar refractivity (Wildman–Crippen MR) is 123 cm³/mol. The molecule has 2 aliphatic heterocycles. The largest absolute Gasteiger partial charge is 0.273 e. The Kier molecular flexibility index (Phi) is 5.08. The standard InChI is InChI=1S/C24H18BrClN2O3/c1-14-7-12-18(13-19(14)26)27-23(29)20-21(15-8-10-16(25)11-9-15)28(31-22(20)24(27)30)17-5-3-2-4-6-17/h2-13,20-22H,1H3/t20-,21-,22+/m1/s1. The molecule has 3 aromatic carbocycles. The fourth-order valence-electron chi connectivity index (χ4n) is 4.19. The summed E-state index contributed by atoms with van der Waals surface area (Å²) in [7, 11) is 0. The second-order valence-corrected chi connectivity index (χ2v) is 8.98. The number of benzene rings is 3. The molecule has 2 aliphatic rings. The first-order valence-electron chi connectivity index (χ1n) is 9.86. The number of carbonyl (C=O) groups is 2. The Balaban J connectivity index is 1.58. The molecule has 0 unspecified atom stereocenters. The lowest BCUT2D eigenvalue weighted by Crippen LogP contribution is -2.37. The minimum absolute atomic E-state index is 0.290. The number of aryl methyl sites for hydroxylation is 1. The van der Waals surface area contributed by atoms with Gasteiger partial charge in [-0.25, -0.2) is 9.96 Å². The van der Waals surface area contributed by atoms with Gasteiger partial charge in [-0.2, -0.15) is 0 Å². The molecule has 3 aromatic rings. The number of fused-ring (bicyclic) bond motifs is 1. The van der Waals surface area contributed by atoms with Gasteiger partial charge in [-0.1, -0.05) is 63.9 Å². The Morgan fingerprint density at radius 2 is 1.61 bits per heavy atom. The highest BCUT2D eigenvalue weighted by Gasteiger charge is 2.60. The van der Waals surface area contributed by atoms with Crippen molar-refractivity contribution in [3.8, 4) is 0 Å². The molecule has 3 atom stereocenters. The lowest BCUT2D eigenvalue weighted by molar-refractivity contribution is -0.126. The third-order valence-electron chi connectivity index (χ3n) is 5.75. The molecule has 0 aromatic heterocycles. The first kappa shape index (κ1) is 20.2. The van der Waals surface area contributed by atoms with E-state index in [0.29, 0.717) is 10.7 Å². The van der Waals surface area contributed by atoms with Gasteiger partial charge in [0.1, 0.15) is 5.92 Å². The Morgan fingerprint density at radius 1 is 0.903 bits per heavy atom. The number of hydrogen-bond acceptors (Lipinski definition) is 4. The van der Waals surface area contributed by atoms with Crippen LogP contribution in [0.2, 0.25) is 5.02 Å². The first-order valence-corrected chi connectivity index (χ1v) is 11.0. The molecular weight excluding hydrogens is 480 g/mol. The average molecular weight is 498 g/mol.